The maximum Gasteiger partial charge on any atom is 0.172 e. The Hall–Kier alpha value is -5.13. The SMILES string of the molecule is CCCCCCc1c(/C=C/C=C/c2ccc(N(C)CCO)cc2)sc(/C=C/C2=C(C#N)C(=C(C#N)C#N)OC2(C)c2ccc(C3CCCCC3)cc2)c1CCCCCC. The average Bonchev–Trinajstić information content (AvgIpc) is 3.75. The lowest BCUT2D eigenvalue weighted by Gasteiger charge is -2.28. The zero-order chi connectivity index (χ0) is 42.0. The van der Waals surface area contributed by atoms with E-state index in [2.05, 4.69) is 98.8 Å². The molecule has 1 fully saturated rings. The van der Waals surface area contributed by atoms with E-state index in [0.717, 1.165) is 42.5 Å². The Balaban J connectivity index is 1.55. The quantitative estimate of drug-likeness (QED) is 0.0693. The first kappa shape index (κ1) is 45.0. The van der Waals surface area contributed by atoms with Gasteiger partial charge in [0, 0.05) is 34.6 Å². The number of ether oxygens (including phenoxy) is 1. The summed E-state index contributed by atoms with van der Waals surface area (Å²) in [5.41, 5.74) is 6.83. The zero-order valence-electron chi connectivity index (χ0n) is 35.7. The molecule has 7 heteroatoms. The second-order valence-electron chi connectivity index (χ2n) is 16.1. The van der Waals surface area contributed by atoms with Crippen molar-refractivity contribution in [2.75, 3.05) is 25.1 Å². The van der Waals surface area contributed by atoms with Crippen LogP contribution in [0.15, 0.2) is 89.2 Å². The van der Waals surface area contributed by atoms with Gasteiger partial charge in [-0.15, -0.1) is 11.3 Å². The van der Waals surface area contributed by atoms with Crippen LogP contribution >= 0.6 is 11.3 Å². The van der Waals surface area contributed by atoms with Gasteiger partial charge >= 0.3 is 0 Å². The van der Waals surface area contributed by atoms with Crippen molar-refractivity contribution in [3.8, 4) is 18.2 Å². The molecule has 1 aliphatic carbocycles. The third-order valence-electron chi connectivity index (χ3n) is 12.0. The summed E-state index contributed by atoms with van der Waals surface area (Å²) in [5.74, 6) is 0.612. The lowest BCUT2D eigenvalue weighted by molar-refractivity contribution is 0.0755. The first-order chi connectivity index (χ1) is 28.8. The largest absolute Gasteiger partial charge is 0.474 e. The van der Waals surface area contributed by atoms with Crippen molar-refractivity contribution >= 4 is 35.3 Å². The Morgan fingerprint density at radius 3 is 1.98 bits per heavy atom. The number of hydrogen-bond donors (Lipinski definition) is 1. The first-order valence-corrected chi connectivity index (χ1v) is 22.7. The minimum absolute atomic E-state index is 0.0563. The van der Waals surface area contributed by atoms with E-state index in [1.165, 1.54) is 97.1 Å². The molecule has 1 saturated carbocycles. The third-order valence-corrected chi connectivity index (χ3v) is 13.2. The molecule has 1 aliphatic heterocycles. The molecule has 1 N–H and O–H groups in total. The predicted octanol–water partition coefficient (Wildman–Crippen LogP) is 13.3. The summed E-state index contributed by atoms with van der Waals surface area (Å²) in [5, 5.41) is 39.8. The number of aliphatic hydroxyl groups is 1. The summed E-state index contributed by atoms with van der Waals surface area (Å²) in [4.78, 5) is 4.47. The van der Waals surface area contributed by atoms with Crippen molar-refractivity contribution in [1.29, 1.82) is 15.8 Å². The van der Waals surface area contributed by atoms with Crippen LogP contribution in [0.3, 0.4) is 0 Å². The van der Waals surface area contributed by atoms with Crippen LogP contribution in [0, 0.1) is 34.0 Å². The lowest BCUT2D eigenvalue weighted by Crippen LogP contribution is -2.23. The molecule has 2 aromatic carbocycles. The van der Waals surface area contributed by atoms with Gasteiger partial charge in [0.1, 0.15) is 23.8 Å². The van der Waals surface area contributed by atoms with Gasteiger partial charge in [-0.3, -0.25) is 0 Å². The predicted molar refractivity (Wildman–Crippen MR) is 246 cm³/mol. The highest BCUT2D eigenvalue weighted by atomic mass is 32.1. The van der Waals surface area contributed by atoms with E-state index in [1.807, 2.05) is 37.1 Å². The Labute approximate surface area is 358 Å². The van der Waals surface area contributed by atoms with Crippen molar-refractivity contribution in [2.45, 2.75) is 129 Å². The van der Waals surface area contributed by atoms with Crippen LogP contribution in [0.5, 0.6) is 0 Å². The molecule has 2 aliphatic rings. The van der Waals surface area contributed by atoms with Gasteiger partial charge in [-0.1, -0.05) is 132 Å². The first-order valence-electron chi connectivity index (χ1n) is 21.9. The molecule has 6 nitrogen and oxygen atoms in total. The van der Waals surface area contributed by atoms with Gasteiger partial charge in [0.05, 0.1) is 6.61 Å². The molecule has 0 amide bonds. The molecule has 0 radical (unpaired) electrons. The Morgan fingerprint density at radius 2 is 1.41 bits per heavy atom. The van der Waals surface area contributed by atoms with Gasteiger partial charge in [0.2, 0.25) is 0 Å². The van der Waals surface area contributed by atoms with E-state index in [4.69, 9.17) is 4.74 Å². The monoisotopic (exact) mass is 806 g/mol. The number of unbranched alkanes of at least 4 members (excludes halogenated alkanes) is 6. The van der Waals surface area contributed by atoms with Crippen molar-refractivity contribution in [2.24, 2.45) is 0 Å². The summed E-state index contributed by atoms with van der Waals surface area (Å²) < 4.78 is 6.59. The molecule has 1 aromatic heterocycles. The van der Waals surface area contributed by atoms with Gasteiger partial charge in [-0.2, -0.15) is 15.8 Å². The van der Waals surface area contributed by atoms with Crippen LogP contribution in [-0.2, 0) is 23.2 Å². The number of aliphatic hydroxyl groups excluding tert-OH is 1. The van der Waals surface area contributed by atoms with Crippen molar-refractivity contribution in [3.63, 3.8) is 0 Å². The van der Waals surface area contributed by atoms with Crippen LogP contribution < -0.4 is 4.90 Å². The molecule has 308 valence electrons. The van der Waals surface area contributed by atoms with Gasteiger partial charge in [0.25, 0.3) is 0 Å². The van der Waals surface area contributed by atoms with Crippen molar-refractivity contribution < 1.29 is 9.84 Å². The van der Waals surface area contributed by atoms with E-state index in [9.17, 15) is 20.9 Å². The highest BCUT2D eigenvalue weighted by Crippen LogP contribution is 2.48. The number of rotatable bonds is 20. The Morgan fingerprint density at radius 1 is 0.797 bits per heavy atom. The molecule has 3 aromatic rings. The summed E-state index contributed by atoms with van der Waals surface area (Å²) in [6.07, 6.45) is 30.4. The minimum atomic E-state index is -1.07. The summed E-state index contributed by atoms with van der Waals surface area (Å²) in [6, 6.07) is 23.3. The van der Waals surface area contributed by atoms with E-state index in [0.29, 0.717) is 18.0 Å². The summed E-state index contributed by atoms with van der Waals surface area (Å²) >= 11 is 1.80. The van der Waals surface area contributed by atoms with Crippen LogP contribution in [-0.4, -0.2) is 25.3 Å². The molecule has 0 saturated heterocycles. The van der Waals surface area contributed by atoms with Crippen LogP contribution in [0.1, 0.15) is 148 Å². The normalized spacial score (nSPS) is 17.2. The topological polar surface area (TPSA) is 104 Å². The number of hydrogen-bond acceptors (Lipinski definition) is 7. The van der Waals surface area contributed by atoms with Crippen LogP contribution in [0.25, 0.3) is 18.2 Å². The third kappa shape index (κ3) is 11.5. The van der Waals surface area contributed by atoms with Crippen LogP contribution in [0.2, 0.25) is 0 Å². The zero-order valence-corrected chi connectivity index (χ0v) is 36.6. The Bertz CT molecular complexity index is 2110. The molecule has 2 heterocycles. The van der Waals surface area contributed by atoms with Gasteiger partial charge < -0.3 is 14.7 Å². The molecule has 59 heavy (non-hydrogen) atoms. The molecule has 1 unspecified atom stereocenters. The van der Waals surface area contributed by atoms with E-state index in [1.54, 1.807) is 11.3 Å². The smallest absolute Gasteiger partial charge is 0.172 e. The second-order valence-corrected chi connectivity index (χ2v) is 17.2. The number of nitriles is 3. The minimum Gasteiger partial charge on any atom is -0.474 e. The number of anilines is 1. The van der Waals surface area contributed by atoms with E-state index < -0.39 is 5.60 Å². The molecular formula is C52H62N4O2S. The summed E-state index contributed by atoms with van der Waals surface area (Å²) in [6.45, 7) is 7.17. The standard InChI is InChI=1S/C52H62N4O2S/c1-5-7-9-14-21-45-46(22-15-10-8-6-2)50(59-49(45)23-17-16-18-39-24-30-44(31-25-39)56(4)34-35-57)33-32-48-47(38-55)51(42(36-53)37-54)58-52(48,3)43-28-26-41(27-29-43)40-19-12-11-13-20-40/h16-18,23-33,40,57H,5-15,19-22,34-35H2,1-4H3/b18-16+,23-17+,33-32+. The molecule has 0 bridgehead atoms. The Kier molecular flexibility index (Phi) is 17.4. The number of thiophene rings is 1. The van der Waals surface area contributed by atoms with Gasteiger partial charge in [-0.05, 0) is 103 Å². The fraction of sp³-hybridized carbons (Fsp3) is 0.442. The van der Waals surface area contributed by atoms with E-state index in [-0.39, 0.29) is 23.5 Å². The fourth-order valence-electron chi connectivity index (χ4n) is 8.45. The lowest BCUT2D eigenvalue weighted by atomic mass is 9.81. The van der Waals surface area contributed by atoms with Crippen molar-refractivity contribution in [3.05, 3.63) is 127 Å². The highest BCUT2D eigenvalue weighted by Gasteiger charge is 2.44. The van der Waals surface area contributed by atoms with Crippen molar-refractivity contribution in [1.82, 2.24) is 0 Å². The highest BCUT2D eigenvalue weighted by molar-refractivity contribution is 7.14. The average molecular weight is 807 g/mol. The van der Waals surface area contributed by atoms with Gasteiger partial charge in [0.15, 0.2) is 16.9 Å². The molecule has 1 atom stereocenters. The summed E-state index contributed by atoms with van der Waals surface area (Å²) in [7, 11) is 1.98. The number of likely N-dealkylation sites (N-methyl/N-ethyl adjacent to an activating group) is 1. The number of nitrogens with zero attached hydrogens (tertiary/aromatic N) is 4. The van der Waals surface area contributed by atoms with Gasteiger partial charge in [-0.25, -0.2) is 0 Å². The van der Waals surface area contributed by atoms with E-state index >= 15 is 0 Å². The maximum absolute atomic E-state index is 10.6. The number of allylic oxidation sites excluding steroid dienone is 4. The number of benzene rings is 2. The molecular weight excluding hydrogens is 745 g/mol. The maximum atomic E-state index is 10.6. The van der Waals surface area contributed by atoms with Crippen LogP contribution in [0.4, 0.5) is 5.69 Å². The molecule has 0 spiro atoms. The second kappa shape index (κ2) is 22.9. The molecule has 5 rings (SSSR count). The fourth-order valence-corrected chi connectivity index (χ4v) is 9.67.